The van der Waals surface area contributed by atoms with Gasteiger partial charge in [0, 0.05) is 52.2 Å². The average Bonchev–Trinajstić information content (AvgIpc) is 3.49. The average molecular weight is 442 g/mol. The molecule has 3 atom stereocenters. The molecule has 4 saturated heterocycles. The van der Waals surface area contributed by atoms with Crippen LogP contribution in [0.3, 0.4) is 0 Å². The molecular formula is C26H39N3O3. The zero-order chi connectivity index (χ0) is 22.1. The Balaban J connectivity index is 1.14. The number of hydrogen-bond acceptors (Lipinski definition) is 6. The van der Waals surface area contributed by atoms with Crippen LogP contribution < -0.4 is 9.80 Å². The summed E-state index contributed by atoms with van der Waals surface area (Å²) in [6, 6.07) is 8.91. The maximum absolute atomic E-state index is 12.4. The standard InChI is InChI=1S/C26H39N3O3/c1-3-26(4-2)15-22(32-25(26)30)9-10-27-16-20-18-29(19-21(20)17-27)24-8-6-5-7-23(24)28-11-13-31-14-12-28/h5-8,20-22H,3-4,9-19H2,1-2H3/t20?,21?,22-/m0/s1. The molecular weight excluding hydrogens is 402 g/mol. The van der Waals surface area contributed by atoms with Crippen molar-refractivity contribution >= 4 is 17.3 Å². The van der Waals surface area contributed by atoms with Crippen LogP contribution in [0, 0.1) is 17.3 Å². The number of hydrogen-bond donors (Lipinski definition) is 0. The molecule has 1 aromatic carbocycles. The van der Waals surface area contributed by atoms with Crippen LogP contribution in [0.1, 0.15) is 39.5 Å². The predicted octanol–water partition coefficient (Wildman–Crippen LogP) is 3.40. The molecule has 32 heavy (non-hydrogen) atoms. The van der Waals surface area contributed by atoms with Gasteiger partial charge in [0.25, 0.3) is 0 Å². The number of anilines is 2. The molecule has 0 aliphatic carbocycles. The number of carbonyl (C=O) groups is 1. The second-order valence-electron chi connectivity index (χ2n) is 10.3. The number of carbonyl (C=O) groups excluding carboxylic acids is 1. The largest absolute Gasteiger partial charge is 0.462 e. The monoisotopic (exact) mass is 441 g/mol. The molecule has 4 aliphatic heterocycles. The fourth-order valence-electron chi connectivity index (χ4n) is 6.42. The molecule has 0 bridgehead atoms. The summed E-state index contributed by atoms with van der Waals surface area (Å²) in [5.74, 6) is 1.52. The van der Waals surface area contributed by atoms with Crippen molar-refractivity contribution in [3.63, 3.8) is 0 Å². The van der Waals surface area contributed by atoms with Crippen molar-refractivity contribution in [2.45, 2.75) is 45.6 Å². The van der Waals surface area contributed by atoms with Crippen LogP contribution in [0.2, 0.25) is 0 Å². The van der Waals surface area contributed by atoms with E-state index in [0.29, 0.717) is 0 Å². The first-order chi connectivity index (χ1) is 15.6. The molecule has 0 saturated carbocycles. The molecule has 1 aromatic rings. The second-order valence-corrected chi connectivity index (χ2v) is 10.3. The van der Waals surface area contributed by atoms with E-state index < -0.39 is 0 Å². The summed E-state index contributed by atoms with van der Waals surface area (Å²) in [6.07, 6.45) is 3.80. The van der Waals surface area contributed by atoms with Gasteiger partial charge >= 0.3 is 5.97 Å². The molecule has 4 fully saturated rings. The molecule has 176 valence electrons. The summed E-state index contributed by atoms with van der Waals surface area (Å²) in [5, 5.41) is 0. The number of esters is 1. The molecule has 0 N–H and O–H groups in total. The lowest BCUT2D eigenvalue weighted by Crippen LogP contribution is -2.37. The van der Waals surface area contributed by atoms with Gasteiger partial charge in [-0.1, -0.05) is 26.0 Å². The van der Waals surface area contributed by atoms with E-state index in [2.05, 4.69) is 52.8 Å². The highest BCUT2D eigenvalue weighted by atomic mass is 16.6. The minimum atomic E-state index is -0.222. The van der Waals surface area contributed by atoms with E-state index in [-0.39, 0.29) is 17.5 Å². The zero-order valence-corrected chi connectivity index (χ0v) is 19.8. The van der Waals surface area contributed by atoms with Gasteiger partial charge in [-0.15, -0.1) is 0 Å². The molecule has 0 radical (unpaired) electrons. The van der Waals surface area contributed by atoms with Crippen molar-refractivity contribution < 1.29 is 14.3 Å². The van der Waals surface area contributed by atoms with Gasteiger partial charge in [-0.2, -0.15) is 0 Å². The van der Waals surface area contributed by atoms with E-state index in [1.165, 1.54) is 24.5 Å². The van der Waals surface area contributed by atoms with Crippen LogP contribution in [-0.4, -0.2) is 76.0 Å². The molecule has 2 unspecified atom stereocenters. The SMILES string of the molecule is CCC1(CC)C[C@H](CCN2CC3CN(c4ccccc4N4CCOCC4)CC3C2)OC1=O. The number of ether oxygens (including phenoxy) is 2. The van der Waals surface area contributed by atoms with E-state index in [0.717, 1.165) is 83.5 Å². The zero-order valence-electron chi connectivity index (χ0n) is 19.8. The summed E-state index contributed by atoms with van der Waals surface area (Å²) >= 11 is 0. The summed E-state index contributed by atoms with van der Waals surface area (Å²) in [4.78, 5) is 20.1. The molecule has 0 spiro atoms. The third-order valence-electron chi connectivity index (χ3n) is 8.58. The Hall–Kier alpha value is -1.79. The van der Waals surface area contributed by atoms with Gasteiger partial charge in [0.15, 0.2) is 0 Å². The third kappa shape index (κ3) is 4.12. The molecule has 4 aliphatic rings. The first-order valence-corrected chi connectivity index (χ1v) is 12.7. The summed E-state index contributed by atoms with van der Waals surface area (Å²) in [7, 11) is 0. The minimum absolute atomic E-state index is 0.0420. The van der Waals surface area contributed by atoms with Crippen LogP contribution in [0.25, 0.3) is 0 Å². The molecule has 4 heterocycles. The van der Waals surface area contributed by atoms with Crippen LogP contribution in [0.15, 0.2) is 24.3 Å². The number of rotatable bonds is 7. The van der Waals surface area contributed by atoms with Gasteiger partial charge in [0.2, 0.25) is 0 Å². The lowest BCUT2D eigenvalue weighted by Gasteiger charge is -2.33. The maximum Gasteiger partial charge on any atom is 0.312 e. The number of para-hydroxylation sites is 2. The topological polar surface area (TPSA) is 45.2 Å². The second kappa shape index (κ2) is 9.22. The summed E-state index contributed by atoms with van der Waals surface area (Å²) in [5.41, 5.74) is 2.54. The Labute approximate surface area is 192 Å². The smallest absolute Gasteiger partial charge is 0.312 e. The predicted molar refractivity (Wildman–Crippen MR) is 127 cm³/mol. The van der Waals surface area contributed by atoms with Crippen LogP contribution in [0.4, 0.5) is 11.4 Å². The number of fused-ring (bicyclic) bond motifs is 1. The fourth-order valence-corrected chi connectivity index (χ4v) is 6.42. The Bertz CT molecular complexity index is 791. The first-order valence-electron chi connectivity index (χ1n) is 12.7. The third-order valence-corrected chi connectivity index (χ3v) is 8.58. The molecule has 0 amide bonds. The van der Waals surface area contributed by atoms with E-state index >= 15 is 0 Å². The summed E-state index contributed by atoms with van der Waals surface area (Å²) in [6.45, 7) is 13.6. The maximum atomic E-state index is 12.4. The summed E-state index contributed by atoms with van der Waals surface area (Å²) < 4.78 is 11.3. The van der Waals surface area contributed by atoms with Gasteiger partial charge in [0.1, 0.15) is 6.10 Å². The van der Waals surface area contributed by atoms with Crippen molar-refractivity contribution in [2.75, 3.05) is 68.8 Å². The number of morpholine rings is 1. The van der Waals surface area contributed by atoms with E-state index in [1.54, 1.807) is 0 Å². The highest BCUT2D eigenvalue weighted by molar-refractivity contribution is 5.79. The highest BCUT2D eigenvalue weighted by Crippen LogP contribution is 2.42. The van der Waals surface area contributed by atoms with Gasteiger partial charge in [0.05, 0.1) is 30.0 Å². The van der Waals surface area contributed by atoms with Crippen LogP contribution in [0.5, 0.6) is 0 Å². The Morgan fingerprint density at radius 2 is 1.56 bits per heavy atom. The fraction of sp³-hybridized carbons (Fsp3) is 0.731. The van der Waals surface area contributed by atoms with E-state index in [1.807, 2.05) is 0 Å². The molecule has 5 rings (SSSR count). The lowest BCUT2D eigenvalue weighted by molar-refractivity contribution is -0.149. The van der Waals surface area contributed by atoms with Crippen molar-refractivity contribution in [1.29, 1.82) is 0 Å². The van der Waals surface area contributed by atoms with Gasteiger partial charge in [-0.05, 0) is 43.2 Å². The van der Waals surface area contributed by atoms with Gasteiger partial charge in [-0.3, -0.25) is 4.79 Å². The van der Waals surface area contributed by atoms with Gasteiger partial charge in [-0.25, -0.2) is 0 Å². The van der Waals surface area contributed by atoms with E-state index in [9.17, 15) is 4.79 Å². The van der Waals surface area contributed by atoms with Crippen molar-refractivity contribution in [1.82, 2.24) is 4.90 Å². The quantitative estimate of drug-likeness (QED) is 0.605. The number of benzene rings is 1. The Morgan fingerprint density at radius 1 is 0.938 bits per heavy atom. The van der Waals surface area contributed by atoms with Gasteiger partial charge < -0.3 is 24.2 Å². The van der Waals surface area contributed by atoms with Crippen LogP contribution >= 0.6 is 0 Å². The molecule has 0 aromatic heterocycles. The van der Waals surface area contributed by atoms with Crippen molar-refractivity contribution in [3.05, 3.63) is 24.3 Å². The number of nitrogens with zero attached hydrogens (tertiary/aromatic N) is 3. The van der Waals surface area contributed by atoms with E-state index in [4.69, 9.17) is 9.47 Å². The Kier molecular flexibility index (Phi) is 6.35. The van der Waals surface area contributed by atoms with Crippen molar-refractivity contribution in [3.8, 4) is 0 Å². The number of likely N-dealkylation sites (tertiary alicyclic amines) is 1. The minimum Gasteiger partial charge on any atom is -0.462 e. The molecule has 6 nitrogen and oxygen atoms in total. The highest BCUT2D eigenvalue weighted by Gasteiger charge is 2.46. The number of cyclic esters (lactones) is 1. The van der Waals surface area contributed by atoms with Crippen LogP contribution in [-0.2, 0) is 14.3 Å². The van der Waals surface area contributed by atoms with Crippen molar-refractivity contribution in [2.24, 2.45) is 17.3 Å². The normalized spacial score (nSPS) is 30.1. The molecule has 6 heteroatoms. The lowest BCUT2D eigenvalue weighted by atomic mass is 9.79. The Morgan fingerprint density at radius 3 is 2.16 bits per heavy atom. The first kappa shape index (κ1) is 22.0.